The van der Waals surface area contributed by atoms with E-state index in [0.717, 1.165) is 81.9 Å². The molecule has 0 saturated heterocycles. The summed E-state index contributed by atoms with van der Waals surface area (Å²) in [5, 5.41) is 13.8. The van der Waals surface area contributed by atoms with E-state index in [1.54, 1.807) is 11.3 Å². The Bertz CT molecular complexity index is 4600. The molecular formula is C63H36N4OS. The highest BCUT2D eigenvalue weighted by molar-refractivity contribution is 7.26. The van der Waals surface area contributed by atoms with Crippen LogP contribution in [0.4, 0.5) is 0 Å². The highest BCUT2D eigenvalue weighted by atomic mass is 32.1. The first-order chi connectivity index (χ1) is 34.2. The maximum absolute atomic E-state index is 7.24. The average Bonchev–Trinajstić information content (AvgIpc) is 4.09. The number of benzene rings is 11. The Morgan fingerprint density at radius 3 is 1.77 bits per heavy atom. The van der Waals surface area contributed by atoms with Gasteiger partial charge in [-0.1, -0.05) is 164 Å². The standard InChI is InChI=1S/C63H36N4OS/c1-2-13-37(14-3-1)38-25-27-40(28-26-38)61-64-62(66-63(65-61)49-23-12-22-47-46-21-10-11-24-56(46)69-60(47)49)48-30-32-53(59-58(48)51-34-42-17-5-7-19-44(42)36-55(51)68-59)67-52-31-29-39-15-8-9-20-45(39)57(52)50-33-41-16-4-6-18-43(41)35-54(50)67/h1-36H. The van der Waals surface area contributed by atoms with Crippen LogP contribution in [-0.2, 0) is 0 Å². The molecule has 0 atom stereocenters. The van der Waals surface area contributed by atoms with Crippen LogP contribution >= 0.6 is 11.3 Å². The Morgan fingerprint density at radius 2 is 0.971 bits per heavy atom. The van der Waals surface area contributed by atoms with Gasteiger partial charge in [0.2, 0.25) is 0 Å². The molecule has 69 heavy (non-hydrogen) atoms. The van der Waals surface area contributed by atoms with Crippen LogP contribution in [0.25, 0.3) is 147 Å². The summed E-state index contributed by atoms with van der Waals surface area (Å²) < 4.78 is 12.0. The van der Waals surface area contributed by atoms with Crippen molar-refractivity contribution in [3.63, 3.8) is 0 Å². The van der Waals surface area contributed by atoms with Crippen molar-refractivity contribution in [3.8, 4) is 51.0 Å². The van der Waals surface area contributed by atoms with Crippen molar-refractivity contribution in [2.45, 2.75) is 0 Å². The molecule has 15 aromatic rings. The zero-order valence-electron chi connectivity index (χ0n) is 36.9. The zero-order chi connectivity index (χ0) is 45.2. The van der Waals surface area contributed by atoms with E-state index in [2.05, 4.69) is 217 Å². The van der Waals surface area contributed by atoms with E-state index in [9.17, 15) is 0 Å². The van der Waals surface area contributed by atoms with E-state index in [1.807, 2.05) is 6.07 Å². The maximum atomic E-state index is 7.24. The van der Waals surface area contributed by atoms with Crippen molar-refractivity contribution in [2.24, 2.45) is 0 Å². The SMILES string of the molecule is c1ccc(-c2ccc(-c3nc(-c4cccc5c4sc4ccccc45)nc(-c4ccc(-n5c6cc7ccccc7cc6c6c7ccccc7ccc65)c5oc6cc7ccccc7cc6c45)n3)cc2)cc1. The van der Waals surface area contributed by atoms with E-state index < -0.39 is 0 Å². The Hall–Kier alpha value is -8.97. The molecule has 0 unspecified atom stereocenters. The van der Waals surface area contributed by atoms with Gasteiger partial charge in [-0.05, 0) is 98.0 Å². The lowest BCUT2D eigenvalue weighted by atomic mass is 10.0. The Morgan fingerprint density at radius 1 is 0.362 bits per heavy atom. The van der Waals surface area contributed by atoms with E-state index in [1.165, 1.54) is 47.8 Å². The topological polar surface area (TPSA) is 56.7 Å². The molecule has 0 fully saturated rings. The minimum atomic E-state index is 0.576. The summed E-state index contributed by atoms with van der Waals surface area (Å²) in [5.74, 6) is 1.80. The van der Waals surface area contributed by atoms with Crippen molar-refractivity contribution in [1.29, 1.82) is 0 Å². The van der Waals surface area contributed by atoms with Crippen LogP contribution in [0.1, 0.15) is 0 Å². The summed E-state index contributed by atoms with van der Waals surface area (Å²) in [5.41, 5.74) is 9.76. The van der Waals surface area contributed by atoms with Crippen LogP contribution < -0.4 is 0 Å². The predicted octanol–water partition coefficient (Wildman–Crippen LogP) is 17.4. The number of thiophene rings is 1. The number of hydrogen-bond acceptors (Lipinski definition) is 5. The first-order valence-corrected chi connectivity index (χ1v) is 24.1. The van der Waals surface area contributed by atoms with Crippen molar-refractivity contribution in [2.75, 3.05) is 0 Å². The molecule has 4 aromatic heterocycles. The molecule has 4 heterocycles. The van der Waals surface area contributed by atoms with Crippen molar-refractivity contribution in [3.05, 3.63) is 218 Å². The summed E-state index contributed by atoms with van der Waals surface area (Å²) in [4.78, 5) is 16.2. The Kier molecular flexibility index (Phi) is 8.17. The normalized spacial score (nSPS) is 12.1. The molecule has 0 saturated carbocycles. The van der Waals surface area contributed by atoms with Gasteiger partial charge in [-0.2, -0.15) is 0 Å². The van der Waals surface area contributed by atoms with Crippen LogP contribution in [0, 0.1) is 0 Å². The van der Waals surface area contributed by atoms with Gasteiger partial charge in [0, 0.05) is 58.4 Å². The van der Waals surface area contributed by atoms with Crippen LogP contribution in [0.2, 0.25) is 0 Å². The Labute approximate surface area is 398 Å². The molecule has 0 radical (unpaired) electrons. The maximum Gasteiger partial charge on any atom is 0.165 e. The van der Waals surface area contributed by atoms with E-state index >= 15 is 0 Å². The van der Waals surface area contributed by atoms with Crippen LogP contribution in [0.3, 0.4) is 0 Å². The molecule has 320 valence electrons. The third-order valence-electron chi connectivity index (χ3n) is 14.0. The number of aromatic nitrogens is 4. The van der Waals surface area contributed by atoms with Gasteiger partial charge in [0.05, 0.1) is 16.7 Å². The molecule has 0 aliphatic carbocycles. The largest absolute Gasteiger partial charge is 0.454 e. The lowest BCUT2D eigenvalue weighted by Gasteiger charge is -2.13. The van der Waals surface area contributed by atoms with Crippen molar-refractivity contribution in [1.82, 2.24) is 19.5 Å². The highest BCUT2D eigenvalue weighted by Crippen LogP contribution is 2.46. The monoisotopic (exact) mass is 896 g/mol. The number of furan rings is 1. The third-order valence-corrected chi connectivity index (χ3v) is 15.2. The van der Waals surface area contributed by atoms with Crippen LogP contribution in [0.15, 0.2) is 223 Å². The van der Waals surface area contributed by atoms with Gasteiger partial charge in [0.1, 0.15) is 5.58 Å². The first kappa shape index (κ1) is 38.2. The summed E-state index contributed by atoms with van der Waals surface area (Å²) in [7, 11) is 0. The van der Waals surface area contributed by atoms with E-state index in [0.29, 0.717) is 17.5 Å². The molecule has 0 amide bonds. The number of hydrogen-bond donors (Lipinski definition) is 0. The van der Waals surface area contributed by atoms with Gasteiger partial charge in [-0.3, -0.25) is 0 Å². The molecule has 0 aliphatic rings. The number of fused-ring (bicyclic) bond motifs is 13. The van der Waals surface area contributed by atoms with Gasteiger partial charge in [-0.15, -0.1) is 11.3 Å². The average molecular weight is 897 g/mol. The summed E-state index contributed by atoms with van der Waals surface area (Å²) in [6, 6.07) is 77.9. The fourth-order valence-corrected chi connectivity index (χ4v) is 12.0. The molecule has 15 rings (SSSR count). The van der Waals surface area contributed by atoms with Crippen LogP contribution in [0.5, 0.6) is 0 Å². The van der Waals surface area contributed by atoms with E-state index in [-0.39, 0.29) is 0 Å². The minimum absolute atomic E-state index is 0.576. The molecule has 0 spiro atoms. The summed E-state index contributed by atoms with van der Waals surface area (Å²) >= 11 is 1.78. The second-order valence-electron chi connectivity index (χ2n) is 17.9. The second kappa shape index (κ2) is 14.8. The lowest BCUT2D eigenvalue weighted by molar-refractivity contribution is 0.667. The second-order valence-corrected chi connectivity index (χ2v) is 18.9. The van der Waals surface area contributed by atoms with Crippen molar-refractivity contribution < 1.29 is 4.42 Å². The van der Waals surface area contributed by atoms with E-state index in [4.69, 9.17) is 19.4 Å². The molecule has 11 aromatic carbocycles. The Balaban J connectivity index is 1.03. The van der Waals surface area contributed by atoms with Gasteiger partial charge in [-0.25, -0.2) is 15.0 Å². The van der Waals surface area contributed by atoms with Gasteiger partial charge in [0.25, 0.3) is 0 Å². The van der Waals surface area contributed by atoms with Gasteiger partial charge >= 0.3 is 0 Å². The molecule has 0 N–H and O–H groups in total. The summed E-state index contributed by atoms with van der Waals surface area (Å²) in [6.07, 6.45) is 0. The molecular weight excluding hydrogens is 861 g/mol. The lowest BCUT2D eigenvalue weighted by Crippen LogP contribution is -2.01. The fraction of sp³-hybridized carbons (Fsp3) is 0. The number of rotatable bonds is 5. The highest BCUT2D eigenvalue weighted by Gasteiger charge is 2.25. The van der Waals surface area contributed by atoms with Crippen molar-refractivity contribution >= 4 is 108 Å². The van der Waals surface area contributed by atoms with Gasteiger partial charge < -0.3 is 8.98 Å². The zero-order valence-corrected chi connectivity index (χ0v) is 37.7. The smallest absolute Gasteiger partial charge is 0.165 e. The first-order valence-electron chi connectivity index (χ1n) is 23.2. The molecule has 0 bridgehead atoms. The molecule has 6 heteroatoms. The molecule has 0 aliphatic heterocycles. The minimum Gasteiger partial charge on any atom is -0.454 e. The summed E-state index contributed by atoms with van der Waals surface area (Å²) in [6.45, 7) is 0. The van der Waals surface area contributed by atoms with Gasteiger partial charge in [0.15, 0.2) is 23.1 Å². The molecule has 5 nitrogen and oxygen atoms in total. The quantitative estimate of drug-likeness (QED) is 0.173. The number of nitrogens with zero attached hydrogens (tertiary/aromatic N) is 4. The predicted molar refractivity (Wildman–Crippen MR) is 289 cm³/mol. The fourth-order valence-electron chi connectivity index (χ4n) is 10.8. The third kappa shape index (κ3) is 5.86. The van der Waals surface area contributed by atoms with Crippen LogP contribution in [-0.4, -0.2) is 19.5 Å².